The smallest absolute Gasteiger partial charge is 0.00981 e. The summed E-state index contributed by atoms with van der Waals surface area (Å²) >= 11 is 0. The normalized spacial score (nSPS) is 39.2. The van der Waals surface area contributed by atoms with Gasteiger partial charge in [-0.1, -0.05) is 33.6 Å². The predicted molar refractivity (Wildman–Crippen MR) is 61.3 cm³/mol. The molecule has 1 nitrogen and oxygen atoms in total. The van der Waals surface area contributed by atoms with Crippen LogP contribution < -0.4 is 5.32 Å². The van der Waals surface area contributed by atoms with E-state index in [-0.39, 0.29) is 0 Å². The van der Waals surface area contributed by atoms with Crippen LogP contribution in [0.15, 0.2) is 0 Å². The standard InChI is InChI=1S/C13H25N/c1-13(2,3)11-8-9-14-12-7-5-4-6-10(11)12/h10-12,14H,4-9H2,1-3H3. The van der Waals surface area contributed by atoms with E-state index in [2.05, 4.69) is 26.1 Å². The van der Waals surface area contributed by atoms with E-state index in [1.807, 2.05) is 0 Å². The van der Waals surface area contributed by atoms with E-state index in [9.17, 15) is 0 Å². The molecule has 2 aliphatic rings. The number of hydrogen-bond donors (Lipinski definition) is 1. The fourth-order valence-corrected chi connectivity index (χ4v) is 3.61. The fourth-order valence-electron chi connectivity index (χ4n) is 3.61. The van der Waals surface area contributed by atoms with E-state index in [0.29, 0.717) is 5.41 Å². The van der Waals surface area contributed by atoms with E-state index < -0.39 is 0 Å². The molecule has 3 atom stereocenters. The monoisotopic (exact) mass is 195 g/mol. The van der Waals surface area contributed by atoms with Gasteiger partial charge in [0.2, 0.25) is 0 Å². The van der Waals surface area contributed by atoms with Crippen LogP contribution >= 0.6 is 0 Å². The van der Waals surface area contributed by atoms with Crippen LogP contribution in [0.5, 0.6) is 0 Å². The summed E-state index contributed by atoms with van der Waals surface area (Å²) in [7, 11) is 0. The molecule has 1 saturated heterocycles. The van der Waals surface area contributed by atoms with Crippen molar-refractivity contribution in [1.29, 1.82) is 0 Å². The lowest BCUT2D eigenvalue weighted by Gasteiger charge is -2.47. The van der Waals surface area contributed by atoms with Crippen molar-refractivity contribution in [2.24, 2.45) is 17.3 Å². The Kier molecular flexibility index (Phi) is 2.88. The molecule has 3 unspecified atom stereocenters. The Hall–Kier alpha value is -0.0400. The summed E-state index contributed by atoms with van der Waals surface area (Å²) in [6.45, 7) is 8.53. The molecule has 1 N–H and O–H groups in total. The average Bonchev–Trinajstić information content (AvgIpc) is 2.15. The average molecular weight is 195 g/mol. The maximum Gasteiger partial charge on any atom is 0.00981 e. The molecular formula is C13H25N. The molecule has 0 spiro atoms. The van der Waals surface area contributed by atoms with Gasteiger partial charge in [-0.15, -0.1) is 0 Å². The number of piperidine rings is 1. The molecule has 14 heavy (non-hydrogen) atoms. The lowest BCUT2D eigenvalue weighted by atomic mass is 9.63. The van der Waals surface area contributed by atoms with E-state index in [1.54, 1.807) is 0 Å². The molecule has 2 rings (SSSR count). The van der Waals surface area contributed by atoms with Gasteiger partial charge in [0, 0.05) is 6.04 Å². The SMILES string of the molecule is CC(C)(C)C1CCNC2CCCCC21. The molecule has 1 heterocycles. The third-order valence-corrected chi connectivity index (χ3v) is 4.31. The van der Waals surface area contributed by atoms with E-state index in [1.165, 1.54) is 38.6 Å². The third-order valence-electron chi connectivity index (χ3n) is 4.31. The van der Waals surface area contributed by atoms with Crippen molar-refractivity contribution in [3.05, 3.63) is 0 Å². The third kappa shape index (κ3) is 1.98. The van der Waals surface area contributed by atoms with Crippen molar-refractivity contribution in [2.75, 3.05) is 6.54 Å². The number of hydrogen-bond acceptors (Lipinski definition) is 1. The summed E-state index contributed by atoms with van der Waals surface area (Å²) < 4.78 is 0. The molecule has 82 valence electrons. The minimum absolute atomic E-state index is 0.516. The highest BCUT2D eigenvalue weighted by Crippen LogP contribution is 2.43. The first-order valence-corrected chi connectivity index (χ1v) is 6.32. The molecule has 1 aliphatic heterocycles. The summed E-state index contributed by atoms with van der Waals surface area (Å²) in [5, 5.41) is 3.72. The Morgan fingerprint density at radius 1 is 1.00 bits per heavy atom. The van der Waals surface area contributed by atoms with Gasteiger partial charge in [0.25, 0.3) is 0 Å². The maximum atomic E-state index is 3.72. The first-order chi connectivity index (χ1) is 6.59. The zero-order valence-electron chi connectivity index (χ0n) is 9.97. The summed E-state index contributed by atoms with van der Waals surface area (Å²) in [6.07, 6.45) is 7.21. The second kappa shape index (κ2) is 3.84. The van der Waals surface area contributed by atoms with Crippen molar-refractivity contribution in [3.8, 4) is 0 Å². The molecule has 1 saturated carbocycles. The van der Waals surface area contributed by atoms with Gasteiger partial charge < -0.3 is 5.32 Å². The molecule has 0 amide bonds. The topological polar surface area (TPSA) is 12.0 Å². The van der Waals surface area contributed by atoms with Crippen molar-refractivity contribution in [3.63, 3.8) is 0 Å². The van der Waals surface area contributed by atoms with E-state index in [4.69, 9.17) is 0 Å². The second-order valence-electron chi connectivity index (χ2n) is 6.27. The highest BCUT2D eigenvalue weighted by atomic mass is 14.9. The van der Waals surface area contributed by atoms with Crippen LogP contribution in [0.3, 0.4) is 0 Å². The van der Waals surface area contributed by atoms with E-state index >= 15 is 0 Å². The molecule has 0 aromatic heterocycles. The second-order valence-corrected chi connectivity index (χ2v) is 6.27. The van der Waals surface area contributed by atoms with E-state index in [0.717, 1.165) is 17.9 Å². The van der Waals surface area contributed by atoms with Gasteiger partial charge in [-0.3, -0.25) is 0 Å². The Morgan fingerprint density at radius 2 is 1.71 bits per heavy atom. The molecule has 0 radical (unpaired) electrons. The lowest BCUT2D eigenvalue weighted by molar-refractivity contribution is 0.0580. The van der Waals surface area contributed by atoms with Crippen molar-refractivity contribution >= 4 is 0 Å². The highest BCUT2D eigenvalue weighted by molar-refractivity contribution is 4.93. The van der Waals surface area contributed by atoms with Gasteiger partial charge in [0.05, 0.1) is 0 Å². The minimum atomic E-state index is 0.516. The zero-order chi connectivity index (χ0) is 10.2. The Bertz CT molecular complexity index is 190. The quantitative estimate of drug-likeness (QED) is 0.626. The molecule has 1 heteroatoms. The summed E-state index contributed by atoms with van der Waals surface area (Å²) in [6, 6.07) is 0.849. The summed E-state index contributed by atoms with van der Waals surface area (Å²) in [5.74, 6) is 1.92. The maximum absolute atomic E-state index is 3.72. The lowest BCUT2D eigenvalue weighted by Crippen LogP contribution is -2.50. The van der Waals surface area contributed by atoms with Crippen molar-refractivity contribution < 1.29 is 0 Å². The van der Waals surface area contributed by atoms with Gasteiger partial charge in [-0.2, -0.15) is 0 Å². The molecule has 1 aliphatic carbocycles. The van der Waals surface area contributed by atoms with Gasteiger partial charge in [0.1, 0.15) is 0 Å². The van der Waals surface area contributed by atoms with Gasteiger partial charge in [-0.05, 0) is 43.1 Å². The van der Waals surface area contributed by atoms with Crippen LogP contribution in [0.4, 0.5) is 0 Å². The number of fused-ring (bicyclic) bond motifs is 1. The Labute approximate surface area is 88.7 Å². The van der Waals surface area contributed by atoms with Crippen LogP contribution in [-0.4, -0.2) is 12.6 Å². The molecular weight excluding hydrogens is 170 g/mol. The van der Waals surface area contributed by atoms with Crippen molar-refractivity contribution in [2.45, 2.75) is 58.9 Å². The first-order valence-electron chi connectivity index (χ1n) is 6.32. The Balaban J connectivity index is 2.09. The minimum Gasteiger partial charge on any atom is -0.314 e. The van der Waals surface area contributed by atoms with Gasteiger partial charge >= 0.3 is 0 Å². The zero-order valence-corrected chi connectivity index (χ0v) is 9.97. The van der Waals surface area contributed by atoms with Crippen LogP contribution in [0.1, 0.15) is 52.9 Å². The molecule has 0 bridgehead atoms. The summed E-state index contributed by atoms with van der Waals surface area (Å²) in [5.41, 5.74) is 0.516. The van der Waals surface area contributed by atoms with Gasteiger partial charge in [-0.25, -0.2) is 0 Å². The van der Waals surface area contributed by atoms with Gasteiger partial charge in [0.15, 0.2) is 0 Å². The van der Waals surface area contributed by atoms with Crippen molar-refractivity contribution in [1.82, 2.24) is 5.32 Å². The fraction of sp³-hybridized carbons (Fsp3) is 1.00. The number of rotatable bonds is 0. The highest BCUT2D eigenvalue weighted by Gasteiger charge is 2.39. The molecule has 0 aromatic rings. The van der Waals surface area contributed by atoms with Crippen LogP contribution in [0.25, 0.3) is 0 Å². The summed E-state index contributed by atoms with van der Waals surface area (Å²) in [4.78, 5) is 0. The molecule has 0 aromatic carbocycles. The van der Waals surface area contributed by atoms with Crippen LogP contribution in [0, 0.1) is 17.3 Å². The number of nitrogens with one attached hydrogen (secondary N) is 1. The Morgan fingerprint density at radius 3 is 2.43 bits per heavy atom. The molecule has 2 fully saturated rings. The van der Waals surface area contributed by atoms with Crippen LogP contribution in [-0.2, 0) is 0 Å². The largest absolute Gasteiger partial charge is 0.314 e. The first kappa shape index (κ1) is 10.5. The predicted octanol–water partition coefficient (Wildman–Crippen LogP) is 3.20. The van der Waals surface area contributed by atoms with Crippen LogP contribution in [0.2, 0.25) is 0 Å².